The second kappa shape index (κ2) is 5.20. The minimum Gasteiger partial charge on any atom is -0.452 e. The maximum atomic E-state index is 12.8. The molecule has 2 heterocycles. The van der Waals surface area contributed by atoms with E-state index in [1.165, 1.54) is 6.20 Å². The van der Waals surface area contributed by atoms with Crippen LogP contribution in [0, 0.1) is 6.92 Å². The van der Waals surface area contributed by atoms with Gasteiger partial charge in [-0.05, 0) is 44.5 Å². The largest absolute Gasteiger partial charge is 0.452 e. The average molecular weight is 284 g/mol. The summed E-state index contributed by atoms with van der Waals surface area (Å²) in [6, 6.07) is 7.88. The first-order valence-corrected chi connectivity index (χ1v) is 6.95. The number of pyridine rings is 1. The molecule has 3 nitrogen and oxygen atoms in total. The van der Waals surface area contributed by atoms with E-state index >= 15 is 0 Å². The van der Waals surface area contributed by atoms with E-state index < -0.39 is 0 Å². The lowest BCUT2D eigenvalue weighted by Crippen LogP contribution is -2.25. The van der Waals surface area contributed by atoms with E-state index in [1.54, 1.807) is 6.20 Å². The summed E-state index contributed by atoms with van der Waals surface area (Å²) >= 11 is 0. The number of furan rings is 1. The number of nitrogens with zero attached hydrogens (tertiary/aromatic N) is 2. The smallest absolute Gasteiger partial charge is 0.160 e. The average Bonchev–Trinajstić information content (AvgIpc) is 2.83. The molecule has 0 aliphatic rings. The Morgan fingerprint density at radius 1 is 1.29 bits per heavy atom. The fraction of sp³-hybridized carbons (Fsp3) is 0.235. The van der Waals surface area contributed by atoms with Gasteiger partial charge in [0.2, 0.25) is 0 Å². The molecule has 3 aromatic rings. The predicted octanol–water partition coefficient (Wildman–Crippen LogP) is 4.94. The van der Waals surface area contributed by atoms with Crippen molar-refractivity contribution in [1.82, 2.24) is 4.98 Å². The van der Waals surface area contributed by atoms with Crippen LogP contribution in [0.5, 0.6) is 0 Å². The SMILES string of the molecule is Cc1ccc2c(oc3cccnc32)c1N(/C=C\F)C(C)C. The lowest BCUT2D eigenvalue weighted by molar-refractivity contribution is 0.659. The van der Waals surface area contributed by atoms with Crippen molar-refractivity contribution in [1.29, 1.82) is 0 Å². The molecular weight excluding hydrogens is 267 g/mol. The fourth-order valence-corrected chi connectivity index (χ4v) is 2.63. The van der Waals surface area contributed by atoms with E-state index in [-0.39, 0.29) is 6.04 Å². The van der Waals surface area contributed by atoms with Crippen molar-refractivity contribution >= 4 is 27.8 Å². The van der Waals surface area contributed by atoms with Crippen molar-refractivity contribution in [2.45, 2.75) is 26.8 Å². The number of rotatable bonds is 3. The monoisotopic (exact) mass is 284 g/mol. The Morgan fingerprint density at radius 3 is 2.81 bits per heavy atom. The lowest BCUT2D eigenvalue weighted by Gasteiger charge is -2.26. The van der Waals surface area contributed by atoms with Crippen molar-refractivity contribution < 1.29 is 8.81 Å². The van der Waals surface area contributed by atoms with Crippen molar-refractivity contribution in [2.75, 3.05) is 4.90 Å². The lowest BCUT2D eigenvalue weighted by atomic mass is 10.1. The molecule has 108 valence electrons. The fourth-order valence-electron chi connectivity index (χ4n) is 2.63. The van der Waals surface area contributed by atoms with E-state index in [1.807, 2.05) is 49.9 Å². The van der Waals surface area contributed by atoms with Gasteiger partial charge in [-0.1, -0.05) is 6.07 Å². The van der Waals surface area contributed by atoms with Crippen LogP contribution in [-0.4, -0.2) is 11.0 Å². The number of hydrogen-bond donors (Lipinski definition) is 0. The summed E-state index contributed by atoms with van der Waals surface area (Å²) < 4.78 is 18.7. The molecular formula is C17H17FN2O. The van der Waals surface area contributed by atoms with Gasteiger partial charge in [-0.25, -0.2) is 4.39 Å². The quantitative estimate of drug-likeness (QED) is 0.681. The summed E-state index contributed by atoms with van der Waals surface area (Å²) in [5.41, 5.74) is 4.24. The van der Waals surface area contributed by atoms with Crippen LogP contribution in [0.3, 0.4) is 0 Å². The topological polar surface area (TPSA) is 29.3 Å². The van der Waals surface area contributed by atoms with Gasteiger partial charge in [-0.15, -0.1) is 0 Å². The molecule has 21 heavy (non-hydrogen) atoms. The van der Waals surface area contributed by atoms with Crippen LogP contribution < -0.4 is 4.90 Å². The summed E-state index contributed by atoms with van der Waals surface area (Å²) in [5.74, 6) is 0. The van der Waals surface area contributed by atoms with Crippen LogP contribution in [0.25, 0.3) is 22.1 Å². The third-order valence-electron chi connectivity index (χ3n) is 3.60. The van der Waals surface area contributed by atoms with Crippen molar-refractivity contribution in [3.05, 3.63) is 48.6 Å². The van der Waals surface area contributed by atoms with Gasteiger partial charge in [-0.3, -0.25) is 4.98 Å². The Balaban J connectivity index is 2.37. The second-order valence-corrected chi connectivity index (χ2v) is 5.34. The zero-order chi connectivity index (χ0) is 15.0. The predicted molar refractivity (Wildman–Crippen MR) is 84.1 cm³/mol. The minimum absolute atomic E-state index is 0.113. The number of fused-ring (bicyclic) bond motifs is 3. The highest BCUT2D eigenvalue weighted by molar-refractivity contribution is 6.07. The van der Waals surface area contributed by atoms with Crippen LogP contribution in [0.1, 0.15) is 19.4 Å². The highest BCUT2D eigenvalue weighted by Crippen LogP contribution is 2.37. The van der Waals surface area contributed by atoms with Gasteiger partial charge in [0.1, 0.15) is 11.8 Å². The third-order valence-corrected chi connectivity index (χ3v) is 3.60. The van der Waals surface area contributed by atoms with Gasteiger partial charge < -0.3 is 9.32 Å². The van der Waals surface area contributed by atoms with E-state index in [0.717, 1.165) is 33.3 Å². The molecule has 2 aromatic heterocycles. The Kier molecular flexibility index (Phi) is 3.37. The molecule has 0 atom stereocenters. The summed E-state index contributed by atoms with van der Waals surface area (Å²) in [6.45, 7) is 6.02. The second-order valence-electron chi connectivity index (χ2n) is 5.34. The molecule has 0 bridgehead atoms. The molecule has 0 amide bonds. The first kappa shape index (κ1) is 13.6. The number of benzene rings is 1. The molecule has 0 radical (unpaired) electrons. The van der Waals surface area contributed by atoms with Gasteiger partial charge in [0, 0.05) is 23.8 Å². The molecule has 0 aliphatic carbocycles. The molecule has 1 aromatic carbocycles. The van der Waals surface area contributed by atoms with Crippen LogP contribution in [0.2, 0.25) is 0 Å². The Morgan fingerprint density at radius 2 is 2.10 bits per heavy atom. The molecule has 3 rings (SSSR count). The van der Waals surface area contributed by atoms with Crippen molar-refractivity contribution in [3.63, 3.8) is 0 Å². The normalized spacial score (nSPS) is 12.0. The highest BCUT2D eigenvalue weighted by atomic mass is 19.1. The maximum absolute atomic E-state index is 12.8. The third kappa shape index (κ3) is 2.17. The van der Waals surface area contributed by atoms with E-state index in [4.69, 9.17) is 4.42 Å². The standard InChI is InChI=1S/C17H17FN2O/c1-11(2)20(10-8-18)16-12(3)6-7-13-15-14(21-17(13)16)5-4-9-19-15/h4-11H,1-3H3/b10-8-. The number of halogens is 1. The van der Waals surface area contributed by atoms with E-state index in [0.29, 0.717) is 6.33 Å². The summed E-state index contributed by atoms with van der Waals surface area (Å²) in [7, 11) is 0. The molecule has 4 heteroatoms. The first-order chi connectivity index (χ1) is 10.1. The molecule has 0 fully saturated rings. The summed E-state index contributed by atoms with van der Waals surface area (Å²) in [5, 5.41) is 0.948. The molecule has 0 spiro atoms. The summed E-state index contributed by atoms with van der Waals surface area (Å²) in [4.78, 5) is 6.26. The molecule has 0 unspecified atom stereocenters. The van der Waals surface area contributed by atoms with Crippen LogP contribution in [-0.2, 0) is 0 Å². The Labute approximate surface area is 122 Å². The van der Waals surface area contributed by atoms with Crippen molar-refractivity contribution in [3.8, 4) is 0 Å². The van der Waals surface area contributed by atoms with Gasteiger partial charge in [-0.2, -0.15) is 0 Å². The van der Waals surface area contributed by atoms with Gasteiger partial charge >= 0.3 is 0 Å². The van der Waals surface area contributed by atoms with Crippen LogP contribution >= 0.6 is 0 Å². The van der Waals surface area contributed by atoms with Gasteiger partial charge in [0.05, 0.1) is 5.69 Å². The molecule has 0 N–H and O–H groups in total. The highest BCUT2D eigenvalue weighted by Gasteiger charge is 2.19. The zero-order valence-corrected chi connectivity index (χ0v) is 12.3. The number of aryl methyl sites for hydroxylation is 1. The minimum atomic E-state index is 0.113. The van der Waals surface area contributed by atoms with Crippen LogP contribution in [0.4, 0.5) is 10.1 Å². The van der Waals surface area contributed by atoms with Gasteiger partial charge in [0.25, 0.3) is 0 Å². The zero-order valence-electron chi connectivity index (χ0n) is 12.3. The maximum Gasteiger partial charge on any atom is 0.160 e. The summed E-state index contributed by atoms with van der Waals surface area (Å²) in [6.07, 6.45) is 3.74. The Hall–Kier alpha value is -2.36. The number of anilines is 1. The first-order valence-electron chi connectivity index (χ1n) is 6.95. The molecule has 0 aliphatic heterocycles. The van der Waals surface area contributed by atoms with Crippen molar-refractivity contribution in [2.24, 2.45) is 0 Å². The molecule has 0 saturated carbocycles. The van der Waals surface area contributed by atoms with E-state index in [2.05, 4.69) is 4.98 Å². The number of hydrogen-bond acceptors (Lipinski definition) is 3. The number of aromatic nitrogens is 1. The van der Waals surface area contributed by atoms with Crippen LogP contribution in [0.15, 0.2) is 47.4 Å². The molecule has 0 saturated heterocycles. The van der Waals surface area contributed by atoms with Gasteiger partial charge in [0.15, 0.2) is 11.2 Å². The Bertz CT molecular complexity index is 820. The van der Waals surface area contributed by atoms with E-state index in [9.17, 15) is 4.39 Å².